The number of amides is 3. The molecule has 3 amide bonds. The monoisotopic (exact) mass is 809 g/mol. The normalized spacial score (nSPS) is 21.3. The number of carbonyl (C=O) groups excluding carboxylic acids is 3. The van der Waals surface area contributed by atoms with E-state index < -0.39 is 17.6 Å². The first-order valence-corrected chi connectivity index (χ1v) is 20.5. The zero-order valence-electron chi connectivity index (χ0n) is 32.0. The molecular weight excluding hydrogens is 761 g/mol. The van der Waals surface area contributed by atoms with Crippen LogP contribution in [0.25, 0.3) is 0 Å². The lowest BCUT2D eigenvalue weighted by Gasteiger charge is -2.40. The second kappa shape index (κ2) is 16.4. The fourth-order valence-electron chi connectivity index (χ4n) is 7.60. The number of nitrogens with one attached hydrogen (secondary N) is 1. The maximum atomic E-state index is 14.8. The second-order valence-electron chi connectivity index (χ2n) is 16.5. The lowest BCUT2D eigenvalue weighted by molar-refractivity contribution is -0.139. The van der Waals surface area contributed by atoms with Crippen molar-refractivity contribution in [3.05, 3.63) is 86.0 Å². The highest BCUT2D eigenvalue weighted by atomic mass is 35.5. The van der Waals surface area contributed by atoms with Gasteiger partial charge in [0.15, 0.2) is 5.75 Å². The Labute approximate surface area is 338 Å². The minimum atomic E-state index is -0.661. The molecule has 4 aliphatic rings. The molecule has 0 spiro atoms. The average molecular weight is 811 g/mol. The summed E-state index contributed by atoms with van der Waals surface area (Å²) in [5.74, 6) is 0.858. The van der Waals surface area contributed by atoms with Gasteiger partial charge >= 0.3 is 6.09 Å². The third kappa shape index (κ3) is 9.81. The van der Waals surface area contributed by atoms with Crippen molar-refractivity contribution in [2.24, 2.45) is 11.8 Å². The van der Waals surface area contributed by atoms with Crippen molar-refractivity contribution in [1.29, 1.82) is 0 Å². The van der Waals surface area contributed by atoms with E-state index in [0.29, 0.717) is 53.4 Å². The number of pyridine rings is 1. The lowest BCUT2D eigenvalue weighted by atomic mass is 9.80. The highest BCUT2D eigenvalue weighted by molar-refractivity contribution is 6.37. The fraction of sp³-hybridized carbons (Fsp3) is 0.524. The van der Waals surface area contributed by atoms with E-state index in [0.717, 1.165) is 66.7 Å². The third-order valence-corrected chi connectivity index (χ3v) is 11.7. The largest absolute Gasteiger partial charge is 0.485 e. The minimum absolute atomic E-state index is 0.0127. The summed E-state index contributed by atoms with van der Waals surface area (Å²) in [6.45, 7) is 10.3. The maximum Gasteiger partial charge on any atom is 0.410 e. The van der Waals surface area contributed by atoms with Crippen LogP contribution < -0.4 is 15.0 Å². The molecule has 55 heavy (non-hydrogen) atoms. The Bertz CT molecular complexity index is 1890. The Morgan fingerprint density at radius 1 is 0.909 bits per heavy atom. The number of ether oxygens (including phenoxy) is 2. The molecule has 1 aromatic heterocycles. The van der Waals surface area contributed by atoms with Gasteiger partial charge < -0.3 is 29.5 Å². The zero-order valence-corrected chi connectivity index (χ0v) is 34.2. The molecule has 0 radical (unpaired) electrons. The number of piperidine rings is 1. The van der Waals surface area contributed by atoms with Crippen LogP contribution in [0.5, 0.6) is 5.75 Å². The first-order valence-electron chi connectivity index (χ1n) is 19.4. The number of hydrogen-bond acceptors (Lipinski definition) is 7. The number of halogens is 3. The first-order chi connectivity index (χ1) is 26.2. The van der Waals surface area contributed by atoms with E-state index in [4.69, 9.17) is 49.3 Å². The number of hydrogen-bond donors (Lipinski definition) is 1. The number of nitrogens with zero attached hydrogens (tertiary/aromatic N) is 4. The molecule has 4 fully saturated rings. The van der Waals surface area contributed by atoms with Gasteiger partial charge in [0, 0.05) is 68.2 Å². The second-order valence-corrected chi connectivity index (χ2v) is 17.7. The topological polar surface area (TPSA) is 104 Å². The molecule has 2 saturated heterocycles. The van der Waals surface area contributed by atoms with Gasteiger partial charge in [0.2, 0.25) is 11.8 Å². The van der Waals surface area contributed by atoms with Gasteiger partial charge in [0.25, 0.3) is 0 Å². The molecule has 3 aromatic rings. The van der Waals surface area contributed by atoms with Crippen molar-refractivity contribution in [3.8, 4) is 5.75 Å². The minimum Gasteiger partial charge on any atom is -0.485 e. The number of likely N-dealkylation sites (tertiary alicyclic amines) is 1. The van der Waals surface area contributed by atoms with Gasteiger partial charge in [0.05, 0.1) is 22.5 Å². The van der Waals surface area contributed by atoms with Crippen LogP contribution in [-0.2, 0) is 27.4 Å². The van der Waals surface area contributed by atoms with Gasteiger partial charge in [-0.25, -0.2) is 9.78 Å². The molecule has 0 unspecified atom stereocenters. The molecular formula is C42H50Cl3N5O5. The predicted octanol–water partition coefficient (Wildman–Crippen LogP) is 8.57. The summed E-state index contributed by atoms with van der Waals surface area (Å²) in [4.78, 5) is 51.2. The van der Waals surface area contributed by atoms with E-state index in [-0.39, 0.29) is 42.3 Å². The smallest absolute Gasteiger partial charge is 0.410 e. The predicted molar refractivity (Wildman–Crippen MR) is 215 cm³/mol. The van der Waals surface area contributed by atoms with Crippen molar-refractivity contribution in [1.82, 2.24) is 20.1 Å². The molecule has 294 valence electrons. The summed E-state index contributed by atoms with van der Waals surface area (Å²) in [6, 6.07) is 13.6. The molecule has 0 bridgehead atoms. The third-order valence-electron chi connectivity index (χ3n) is 10.8. The van der Waals surface area contributed by atoms with Crippen LogP contribution in [-0.4, -0.2) is 76.6 Å². The van der Waals surface area contributed by atoms with Gasteiger partial charge in [0.1, 0.15) is 17.5 Å². The number of aryl methyl sites for hydroxylation is 1. The van der Waals surface area contributed by atoms with E-state index >= 15 is 0 Å². The van der Waals surface area contributed by atoms with E-state index in [1.807, 2.05) is 75.2 Å². The molecule has 3 heterocycles. The number of anilines is 1. The Kier molecular flexibility index (Phi) is 11.8. The molecule has 2 aliphatic heterocycles. The summed E-state index contributed by atoms with van der Waals surface area (Å²) in [5, 5.41) is 4.60. The van der Waals surface area contributed by atoms with Gasteiger partial charge in [-0.1, -0.05) is 53.0 Å². The van der Waals surface area contributed by atoms with E-state index in [9.17, 15) is 14.4 Å². The van der Waals surface area contributed by atoms with Crippen LogP contribution in [0, 0.1) is 18.8 Å². The van der Waals surface area contributed by atoms with E-state index in [2.05, 4.69) is 16.3 Å². The van der Waals surface area contributed by atoms with Crippen molar-refractivity contribution in [2.75, 3.05) is 31.1 Å². The Balaban J connectivity index is 1.08. The molecule has 2 saturated carbocycles. The molecule has 7 rings (SSSR count). The average Bonchev–Trinajstić information content (AvgIpc) is 4.09. The summed E-state index contributed by atoms with van der Waals surface area (Å²) < 4.78 is 12.0. The van der Waals surface area contributed by atoms with Crippen LogP contribution in [0.15, 0.2) is 48.7 Å². The highest BCUT2D eigenvalue weighted by Crippen LogP contribution is 2.40. The van der Waals surface area contributed by atoms with Gasteiger partial charge in [-0.3, -0.25) is 9.59 Å². The number of benzene rings is 2. The van der Waals surface area contributed by atoms with Crippen molar-refractivity contribution >= 4 is 58.5 Å². The quantitative estimate of drug-likeness (QED) is 0.207. The van der Waals surface area contributed by atoms with Gasteiger partial charge in [-0.15, -0.1) is 0 Å². The zero-order chi connectivity index (χ0) is 39.0. The fourth-order valence-corrected chi connectivity index (χ4v) is 8.47. The Hall–Kier alpha value is -3.73. The molecule has 13 heteroatoms. The van der Waals surface area contributed by atoms with Crippen molar-refractivity contribution < 1.29 is 23.9 Å². The standard InChI is InChI=1S/C42H50Cl3N5O5/c1-25-17-35(44)38(36(45)18-25)54-31-13-15-48(23-31)37-12-8-28(21-46-37)32-14-16-49(41(53)55-42(2,3)4)24-33(32)40(52)50(30-9-10-30)22-29-19-26(5-11-34(29)43)20-47-39(51)27-6-7-27/h5,8,11-12,17-19,21,27,30-33H,6-7,9-10,13-16,20,22-24H2,1-4H3,(H,47,51)/t31-,32-,33+/m0/s1. The van der Waals surface area contributed by atoms with Crippen LogP contribution in [0.1, 0.15) is 87.5 Å². The van der Waals surface area contributed by atoms with Crippen LogP contribution in [0.4, 0.5) is 10.6 Å². The first kappa shape index (κ1) is 39.5. The van der Waals surface area contributed by atoms with Crippen LogP contribution in [0.2, 0.25) is 15.1 Å². The molecule has 3 atom stereocenters. The Morgan fingerprint density at radius 2 is 1.65 bits per heavy atom. The maximum absolute atomic E-state index is 14.8. The summed E-state index contributed by atoms with van der Waals surface area (Å²) in [7, 11) is 0. The summed E-state index contributed by atoms with van der Waals surface area (Å²) in [6.07, 6.45) is 6.45. The SMILES string of the molecule is Cc1cc(Cl)c(O[C@H]2CCN(c3ccc([C@@H]4CCN(C(=O)OC(C)(C)C)C[C@H]4C(=O)N(Cc4cc(CNC(=O)C5CC5)ccc4Cl)C4CC4)cn3)C2)c(Cl)c1. The molecule has 2 aliphatic carbocycles. The number of aromatic nitrogens is 1. The number of rotatable bonds is 11. The van der Waals surface area contributed by atoms with Crippen molar-refractivity contribution in [3.63, 3.8) is 0 Å². The van der Waals surface area contributed by atoms with Gasteiger partial charge in [-0.2, -0.15) is 0 Å². The van der Waals surface area contributed by atoms with E-state index in [1.54, 1.807) is 4.90 Å². The van der Waals surface area contributed by atoms with E-state index in [1.165, 1.54) is 0 Å². The lowest BCUT2D eigenvalue weighted by Crippen LogP contribution is -2.51. The Morgan fingerprint density at radius 3 is 2.31 bits per heavy atom. The summed E-state index contributed by atoms with van der Waals surface area (Å²) in [5.41, 5.74) is 3.04. The van der Waals surface area contributed by atoms with Crippen molar-refractivity contribution in [2.45, 2.75) is 103 Å². The summed E-state index contributed by atoms with van der Waals surface area (Å²) >= 11 is 19.7. The van der Waals surface area contributed by atoms with Crippen LogP contribution >= 0.6 is 34.8 Å². The van der Waals surface area contributed by atoms with Gasteiger partial charge in [-0.05, 0) is 106 Å². The molecule has 10 nitrogen and oxygen atoms in total. The van der Waals surface area contributed by atoms with Crippen LogP contribution in [0.3, 0.4) is 0 Å². The number of carbonyl (C=O) groups is 3. The molecule has 1 N–H and O–H groups in total. The highest BCUT2D eigenvalue weighted by Gasteiger charge is 2.44. The molecule has 2 aromatic carbocycles.